The Balaban J connectivity index is 2.54. The topological polar surface area (TPSA) is 78.2 Å². The summed E-state index contributed by atoms with van der Waals surface area (Å²) < 4.78 is 5.91. The fourth-order valence-electron chi connectivity index (χ4n) is 2.57. The zero-order valence-corrected chi connectivity index (χ0v) is 13.6. The molecule has 0 saturated heterocycles. The van der Waals surface area contributed by atoms with Gasteiger partial charge >= 0.3 is 0 Å². The monoisotopic (exact) mass is 305 g/mol. The minimum absolute atomic E-state index is 0.0939. The summed E-state index contributed by atoms with van der Waals surface area (Å²) >= 11 is 0. The zero-order valence-electron chi connectivity index (χ0n) is 13.6. The lowest BCUT2D eigenvalue weighted by Gasteiger charge is -2.17. The maximum Gasteiger partial charge on any atom is 0.119 e. The lowest BCUT2D eigenvalue weighted by molar-refractivity contribution is 0.183. The quantitative estimate of drug-likeness (QED) is 0.371. The predicted octanol–water partition coefficient (Wildman–Crippen LogP) is 4.50. The van der Waals surface area contributed by atoms with E-state index >= 15 is 0 Å². The Morgan fingerprint density at radius 2 is 2.00 bits per heavy atom. The minimum Gasteiger partial charge on any atom is -0.493 e. The van der Waals surface area contributed by atoms with E-state index in [-0.39, 0.29) is 6.54 Å². The van der Waals surface area contributed by atoms with Gasteiger partial charge in [0.1, 0.15) is 5.75 Å². The zero-order chi connectivity index (χ0) is 16.2. The van der Waals surface area contributed by atoms with Crippen LogP contribution in [0.3, 0.4) is 0 Å². The highest BCUT2D eigenvalue weighted by Gasteiger charge is 2.09. The summed E-state index contributed by atoms with van der Waals surface area (Å²) in [6, 6.07) is 7.77. The molecule has 0 aliphatic carbocycles. The van der Waals surface area contributed by atoms with Crippen molar-refractivity contribution in [2.75, 3.05) is 13.2 Å². The number of rotatable bonds is 11. The Bertz CT molecular complexity index is 467. The lowest BCUT2D eigenvalue weighted by atomic mass is 9.99. The number of benzene rings is 1. The molecule has 0 aliphatic rings. The fraction of sp³-hybridized carbons (Fsp3) is 0.647. The Labute approximate surface area is 132 Å². The highest BCUT2D eigenvalue weighted by atomic mass is 16.5. The van der Waals surface area contributed by atoms with Gasteiger partial charge in [-0.05, 0) is 48.4 Å². The van der Waals surface area contributed by atoms with Crippen LogP contribution in [0.5, 0.6) is 5.75 Å². The summed E-state index contributed by atoms with van der Waals surface area (Å²) in [5.74, 6) is 1.44. The van der Waals surface area contributed by atoms with Crippen LogP contribution < -0.4 is 4.74 Å². The van der Waals surface area contributed by atoms with Crippen LogP contribution in [0.4, 0.5) is 0 Å². The minimum atomic E-state index is -0.654. The van der Waals surface area contributed by atoms with Gasteiger partial charge < -0.3 is 9.84 Å². The van der Waals surface area contributed by atoms with Crippen molar-refractivity contribution in [2.45, 2.75) is 52.1 Å². The Kier molecular flexibility index (Phi) is 9.12. The van der Waals surface area contributed by atoms with Crippen LogP contribution in [0.2, 0.25) is 0 Å². The summed E-state index contributed by atoms with van der Waals surface area (Å²) in [5.41, 5.74) is 9.25. The number of hydrogen-bond donors (Lipinski definition) is 1. The van der Waals surface area contributed by atoms with E-state index in [4.69, 9.17) is 10.3 Å². The number of ether oxygens (including phenoxy) is 1. The third-order valence-corrected chi connectivity index (χ3v) is 3.60. The summed E-state index contributed by atoms with van der Waals surface area (Å²) in [7, 11) is 0. The third-order valence-electron chi connectivity index (χ3n) is 3.60. The second kappa shape index (κ2) is 10.9. The van der Waals surface area contributed by atoms with Crippen LogP contribution in [0.25, 0.3) is 10.4 Å². The molecule has 5 nitrogen and oxygen atoms in total. The summed E-state index contributed by atoms with van der Waals surface area (Å²) in [6.07, 6.45) is 4.55. The molecule has 0 spiro atoms. The van der Waals surface area contributed by atoms with E-state index in [1.54, 1.807) is 0 Å². The van der Waals surface area contributed by atoms with Crippen LogP contribution in [0, 0.1) is 5.92 Å². The van der Waals surface area contributed by atoms with Gasteiger partial charge in [0, 0.05) is 4.91 Å². The predicted molar refractivity (Wildman–Crippen MR) is 89.0 cm³/mol. The van der Waals surface area contributed by atoms with Crippen molar-refractivity contribution in [1.29, 1.82) is 0 Å². The molecule has 1 rings (SSSR count). The molecule has 1 atom stereocenters. The van der Waals surface area contributed by atoms with Gasteiger partial charge in [0.2, 0.25) is 0 Å². The largest absolute Gasteiger partial charge is 0.493 e. The number of azide groups is 1. The van der Waals surface area contributed by atoms with Crippen molar-refractivity contribution in [1.82, 2.24) is 0 Å². The van der Waals surface area contributed by atoms with Gasteiger partial charge in [-0.15, -0.1) is 0 Å². The molecule has 1 N–H and O–H groups in total. The van der Waals surface area contributed by atoms with Gasteiger partial charge in [0.25, 0.3) is 0 Å². The van der Waals surface area contributed by atoms with Crippen molar-refractivity contribution in [3.63, 3.8) is 0 Å². The molecule has 0 fully saturated rings. The van der Waals surface area contributed by atoms with E-state index < -0.39 is 6.10 Å². The molecule has 122 valence electrons. The average Bonchev–Trinajstić information content (AvgIpc) is 2.51. The number of hydrogen-bond acceptors (Lipinski definition) is 3. The van der Waals surface area contributed by atoms with E-state index in [0.29, 0.717) is 12.3 Å². The maximum absolute atomic E-state index is 9.78. The van der Waals surface area contributed by atoms with E-state index in [0.717, 1.165) is 17.9 Å². The van der Waals surface area contributed by atoms with Gasteiger partial charge in [0.05, 0.1) is 19.3 Å². The molecule has 0 amide bonds. The molecule has 22 heavy (non-hydrogen) atoms. The van der Waals surface area contributed by atoms with Gasteiger partial charge in [-0.3, -0.25) is 0 Å². The van der Waals surface area contributed by atoms with Crippen LogP contribution in [0.15, 0.2) is 29.4 Å². The summed E-state index contributed by atoms with van der Waals surface area (Å²) in [5, 5.41) is 13.2. The highest BCUT2D eigenvalue weighted by molar-refractivity contribution is 5.29. The average molecular weight is 305 g/mol. The normalized spacial score (nSPS) is 12.0. The Hall–Kier alpha value is -1.71. The first kappa shape index (κ1) is 18.3. The molecule has 0 radical (unpaired) electrons. The van der Waals surface area contributed by atoms with Crippen molar-refractivity contribution < 1.29 is 9.84 Å². The number of aliphatic hydroxyl groups excluding tert-OH is 1. The van der Waals surface area contributed by atoms with Crippen molar-refractivity contribution in [2.24, 2.45) is 11.0 Å². The SMILES string of the molecule is CCCC(CCC)COc1cccc(C[C@H](O)CN=[N+]=[N-])c1. The molecule has 0 heterocycles. The van der Waals surface area contributed by atoms with Gasteiger partial charge in [-0.1, -0.05) is 43.9 Å². The molecular formula is C17H27N3O2. The van der Waals surface area contributed by atoms with Gasteiger partial charge in [-0.2, -0.15) is 0 Å². The molecule has 5 heteroatoms. The molecule has 1 aromatic carbocycles. The molecule has 0 aliphatic heterocycles. The second-order valence-electron chi connectivity index (χ2n) is 5.67. The van der Waals surface area contributed by atoms with Gasteiger partial charge in [0.15, 0.2) is 0 Å². The Morgan fingerprint density at radius 1 is 1.27 bits per heavy atom. The second-order valence-corrected chi connectivity index (χ2v) is 5.67. The van der Waals surface area contributed by atoms with Crippen LogP contribution in [0.1, 0.15) is 45.1 Å². The maximum atomic E-state index is 9.78. The fourth-order valence-corrected chi connectivity index (χ4v) is 2.57. The van der Waals surface area contributed by atoms with Crippen LogP contribution >= 0.6 is 0 Å². The van der Waals surface area contributed by atoms with Gasteiger partial charge in [-0.25, -0.2) is 0 Å². The standard InChI is InChI=1S/C17H27N3O2/c1-3-6-14(7-4-2)13-22-17-9-5-8-15(11-17)10-16(21)12-19-20-18/h5,8-9,11,14,16,21H,3-4,6-7,10,12-13H2,1-2H3/t16-/m0/s1. The molecule has 0 unspecified atom stereocenters. The first-order valence-corrected chi connectivity index (χ1v) is 8.10. The molecular weight excluding hydrogens is 278 g/mol. The molecule has 0 bridgehead atoms. The van der Waals surface area contributed by atoms with Crippen molar-refractivity contribution >= 4 is 0 Å². The molecule has 0 saturated carbocycles. The summed E-state index contributed by atoms with van der Waals surface area (Å²) in [6.45, 7) is 5.24. The first-order chi connectivity index (χ1) is 10.7. The van der Waals surface area contributed by atoms with E-state index in [2.05, 4.69) is 23.9 Å². The van der Waals surface area contributed by atoms with E-state index in [9.17, 15) is 5.11 Å². The lowest BCUT2D eigenvalue weighted by Crippen LogP contribution is -2.14. The highest BCUT2D eigenvalue weighted by Crippen LogP contribution is 2.19. The molecule has 0 aromatic heterocycles. The Morgan fingerprint density at radius 3 is 2.64 bits per heavy atom. The number of aliphatic hydroxyl groups is 1. The number of nitrogens with zero attached hydrogens (tertiary/aromatic N) is 3. The van der Waals surface area contributed by atoms with Crippen LogP contribution in [-0.2, 0) is 6.42 Å². The van der Waals surface area contributed by atoms with Crippen molar-refractivity contribution in [3.8, 4) is 5.75 Å². The smallest absolute Gasteiger partial charge is 0.119 e. The first-order valence-electron chi connectivity index (χ1n) is 8.10. The van der Waals surface area contributed by atoms with Crippen LogP contribution in [-0.4, -0.2) is 24.4 Å². The summed E-state index contributed by atoms with van der Waals surface area (Å²) in [4.78, 5) is 2.66. The third kappa shape index (κ3) is 7.34. The van der Waals surface area contributed by atoms with Crippen molar-refractivity contribution in [3.05, 3.63) is 40.3 Å². The van der Waals surface area contributed by atoms with E-state index in [1.165, 1.54) is 25.7 Å². The molecule has 1 aromatic rings. The van der Waals surface area contributed by atoms with E-state index in [1.807, 2.05) is 24.3 Å².